The summed E-state index contributed by atoms with van der Waals surface area (Å²) < 4.78 is 10.6. The van der Waals surface area contributed by atoms with Gasteiger partial charge in [0, 0.05) is 6.54 Å². The molecule has 2 aliphatic rings. The Labute approximate surface area is 127 Å². The monoisotopic (exact) mass is 307 g/mol. The number of unbranched alkanes of at least 4 members (excludes halogenated alkanes) is 1. The third-order valence-electron chi connectivity index (χ3n) is 3.60. The molecule has 0 N–H and O–H groups in total. The summed E-state index contributed by atoms with van der Waals surface area (Å²) in [5, 5.41) is -0.450. The SMILES string of the molecule is CCCCN1C(=O)S[C@H](Cc2ccc3c(c2)OCO3)C1=O. The molecule has 2 aliphatic heterocycles. The summed E-state index contributed by atoms with van der Waals surface area (Å²) in [5.41, 5.74) is 0.982. The molecule has 21 heavy (non-hydrogen) atoms. The molecule has 1 atom stereocenters. The maximum absolute atomic E-state index is 12.3. The molecule has 112 valence electrons. The Balaban J connectivity index is 1.68. The lowest BCUT2D eigenvalue weighted by atomic mass is 10.1. The van der Waals surface area contributed by atoms with Crippen molar-refractivity contribution in [2.24, 2.45) is 0 Å². The lowest BCUT2D eigenvalue weighted by Gasteiger charge is -2.13. The molecule has 0 bridgehead atoms. The van der Waals surface area contributed by atoms with Crippen molar-refractivity contribution in [3.63, 3.8) is 0 Å². The van der Waals surface area contributed by atoms with Crippen LogP contribution in [0.5, 0.6) is 11.5 Å². The highest BCUT2D eigenvalue weighted by Crippen LogP contribution is 2.35. The van der Waals surface area contributed by atoms with E-state index in [0.29, 0.717) is 18.7 Å². The number of ether oxygens (including phenoxy) is 2. The Morgan fingerprint density at radius 3 is 2.90 bits per heavy atom. The van der Waals surface area contributed by atoms with Crippen molar-refractivity contribution >= 4 is 22.9 Å². The zero-order valence-electron chi connectivity index (χ0n) is 11.8. The number of rotatable bonds is 5. The second-order valence-electron chi connectivity index (χ2n) is 5.11. The molecule has 0 aliphatic carbocycles. The number of fused-ring (bicyclic) bond motifs is 1. The lowest BCUT2D eigenvalue weighted by molar-refractivity contribution is -0.126. The standard InChI is InChI=1S/C15H17NO4S/c1-2-3-6-16-14(17)13(21-15(16)18)8-10-4-5-11-12(7-10)20-9-19-11/h4-5,7,13H,2-3,6,8-9H2,1H3/t13-/m1/s1. The minimum absolute atomic E-state index is 0.0730. The van der Waals surface area contributed by atoms with Crippen LogP contribution in [0, 0.1) is 0 Å². The van der Waals surface area contributed by atoms with Crippen LogP contribution in [0.2, 0.25) is 0 Å². The number of nitrogens with zero attached hydrogens (tertiary/aromatic N) is 1. The third kappa shape index (κ3) is 2.85. The van der Waals surface area contributed by atoms with Crippen LogP contribution in [0.3, 0.4) is 0 Å². The Morgan fingerprint density at radius 1 is 1.29 bits per heavy atom. The van der Waals surface area contributed by atoms with Gasteiger partial charge in [0.25, 0.3) is 5.24 Å². The quantitative estimate of drug-likeness (QED) is 0.837. The summed E-state index contributed by atoms with van der Waals surface area (Å²) in [4.78, 5) is 25.6. The van der Waals surface area contributed by atoms with Crippen LogP contribution in [0.15, 0.2) is 18.2 Å². The molecule has 1 saturated heterocycles. The molecular formula is C15H17NO4S. The minimum atomic E-state index is -0.324. The predicted molar refractivity (Wildman–Crippen MR) is 79.7 cm³/mol. The highest BCUT2D eigenvalue weighted by Gasteiger charge is 2.39. The maximum atomic E-state index is 12.3. The fourth-order valence-electron chi connectivity index (χ4n) is 2.43. The number of carbonyl (C=O) groups excluding carboxylic acids is 2. The summed E-state index contributed by atoms with van der Waals surface area (Å²) in [6, 6.07) is 5.65. The Bertz CT molecular complexity index is 575. The van der Waals surface area contributed by atoms with Gasteiger partial charge in [0.1, 0.15) is 0 Å². The molecule has 0 unspecified atom stereocenters. The van der Waals surface area contributed by atoms with E-state index in [1.165, 1.54) is 4.90 Å². The van der Waals surface area contributed by atoms with Gasteiger partial charge in [0.05, 0.1) is 5.25 Å². The van der Waals surface area contributed by atoms with Gasteiger partial charge >= 0.3 is 0 Å². The molecule has 2 amide bonds. The summed E-state index contributed by atoms with van der Waals surface area (Å²) >= 11 is 1.13. The van der Waals surface area contributed by atoms with Crippen molar-refractivity contribution in [2.75, 3.05) is 13.3 Å². The van der Waals surface area contributed by atoms with E-state index in [2.05, 4.69) is 0 Å². The van der Waals surface area contributed by atoms with E-state index >= 15 is 0 Å². The van der Waals surface area contributed by atoms with Gasteiger partial charge in [0.15, 0.2) is 11.5 Å². The van der Waals surface area contributed by atoms with E-state index in [4.69, 9.17) is 9.47 Å². The third-order valence-corrected chi connectivity index (χ3v) is 4.67. The number of imide groups is 1. The fourth-order valence-corrected chi connectivity index (χ4v) is 3.48. The smallest absolute Gasteiger partial charge is 0.289 e. The average molecular weight is 307 g/mol. The van der Waals surface area contributed by atoms with E-state index < -0.39 is 0 Å². The second kappa shape index (κ2) is 5.97. The minimum Gasteiger partial charge on any atom is -0.454 e. The molecule has 0 spiro atoms. The number of benzene rings is 1. The number of thioether (sulfide) groups is 1. The largest absolute Gasteiger partial charge is 0.454 e. The predicted octanol–water partition coefficient (Wildman–Crippen LogP) is 2.82. The van der Waals surface area contributed by atoms with Crippen molar-refractivity contribution in [1.82, 2.24) is 4.90 Å². The number of carbonyl (C=O) groups is 2. The van der Waals surface area contributed by atoms with Gasteiger partial charge in [-0.2, -0.15) is 0 Å². The molecular weight excluding hydrogens is 290 g/mol. The molecule has 6 heteroatoms. The molecule has 1 aromatic rings. The Kier molecular flexibility index (Phi) is 4.05. The molecule has 5 nitrogen and oxygen atoms in total. The van der Waals surface area contributed by atoms with Crippen LogP contribution in [0.25, 0.3) is 0 Å². The molecule has 2 heterocycles. The van der Waals surface area contributed by atoms with Crippen molar-refractivity contribution < 1.29 is 19.1 Å². The zero-order chi connectivity index (χ0) is 14.8. The summed E-state index contributed by atoms with van der Waals surface area (Å²) in [5.74, 6) is 1.36. The fraction of sp³-hybridized carbons (Fsp3) is 0.467. The van der Waals surface area contributed by atoms with Crippen LogP contribution in [-0.2, 0) is 11.2 Å². The summed E-state index contributed by atoms with van der Waals surface area (Å²) in [6.45, 7) is 2.81. The van der Waals surface area contributed by atoms with E-state index in [9.17, 15) is 9.59 Å². The first-order valence-electron chi connectivity index (χ1n) is 7.09. The van der Waals surface area contributed by atoms with Crippen molar-refractivity contribution in [2.45, 2.75) is 31.4 Å². The first-order valence-corrected chi connectivity index (χ1v) is 7.97. The highest BCUT2D eigenvalue weighted by atomic mass is 32.2. The number of hydrogen-bond acceptors (Lipinski definition) is 5. The summed E-state index contributed by atoms with van der Waals surface area (Å²) in [7, 11) is 0. The van der Waals surface area contributed by atoms with Gasteiger partial charge in [-0.3, -0.25) is 14.5 Å². The molecule has 0 aromatic heterocycles. The number of amides is 2. The van der Waals surface area contributed by atoms with Gasteiger partial charge in [0.2, 0.25) is 12.7 Å². The van der Waals surface area contributed by atoms with Gasteiger partial charge in [-0.1, -0.05) is 31.2 Å². The Hall–Kier alpha value is -1.69. The molecule has 1 fully saturated rings. The van der Waals surface area contributed by atoms with Crippen molar-refractivity contribution in [3.05, 3.63) is 23.8 Å². The Morgan fingerprint density at radius 2 is 2.10 bits per heavy atom. The van der Waals surface area contributed by atoms with Gasteiger partial charge in [-0.15, -0.1) is 0 Å². The number of hydrogen-bond donors (Lipinski definition) is 0. The van der Waals surface area contributed by atoms with Crippen LogP contribution in [0.4, 0.5) is 4.79 Å². The average Bonchev–Trinajstić information content (AvgIpc) is 3.03. The molecule has 0 saturated carbocycles. The zero-order valence-corrected chi connectivity index (χ0v) is 12.6. The first kappa shape index (κ1) is 14.3. The maximum Gasteiger partial charge on any atom is 0.289 e. The molecule has 0 radical (unpaired) electrons. The van der Waals surface area contributed by atoms with E-state index in [1.807, 2.05) is 25.1 Å². The summed E-state index contributed by atoms with van der Waals surface area (Å²) in [6.07, 6.45) is 2.36. The van der Waals surface area contributed by atoms with Gasteiger partial charge in [-0.05, 0) is 30.5 Å². The molecule has 1 aromatic carbocycles. The topological polar surface area (TPSA) is 55.8 Å². The van der Waals surface area contributed by atoms with Gasteiger partial charge in [-0.25, -0.2) is 0 Å². The van der Waals surface area contributed by atoms with Gasteiger partial charge < -0.3 is 9.47 Å². The normalized spacial score (nSPS) is 20.4. The van der Waals surface area contributed by atoms with Crippen LogP contribution in [-0.4, -0.2) is 34.6 Å². The van der Waals surface area contributed by atoms with Crippen LogP contribution >= 0.6 is 11.8 Å². The second-order valence-corrected chi connectivity index (χ2v) is 6.26. The van der Waals surface area contributed by atoms with E-state index in [-0.39, 0.29) is 23.2 Å². The van der Waals surface area contributed by atoms with Crippen molar-refractivity contribution in [1.29, 1.82) is 0 Å². The van der Waals surface area contributed by atoms with Crippen LogP contribution < -0.4 is 9.47 Å². The highest BCUT2D eigenvalue weighted by molar-refractivity contribution is 8.15. The van der Waals surface area contributed by atoms with Crippen LogP contribution in [0.1, 0.15) is 25.3 Å². The van der Waals surface area contributed by atoms with Crippen molar-refractivity contribution in [3.8, 4) is 11.5 Å². The first-order chi connectivity index (χ1) is 10.2. The van der Waals surface area contributed by atoms with E-state index in [1.54, 1.807) is 0 Å². The van der Waals surface area contributed by atoms with E-state index in [0.717, 1.165) is 35.9 Å². The molecule has 3 rings (SSSR count). The lowest BCUT2D eigenvalue weighted by Crippen LogP contribution is -2.33.